The number of benzene rings is 1. The molecule has 1 N–H and O–H groups in total. The first-order valence-electron chi connectivity index (χ1n) is 4.54. The molecule has 0 aliphatic carbocycles. The van der Waals surface area contributed by atoms with Crippen LogP contribution in [-0.2, 0) is 4.74 Å². The van der Waals surface area contributed by atoms with Crippen molar-refractivity contribution in [2.75, 3.05) is 13.2 Å². The van der Waals surface area contributed by atoms with Gasteiger partial charge in [-0.2, -0.15) is 0 Å². The molecule has 5 heteroatoms. The predicted molar refractivity (Wildman–Crippen MR) is 55.3 cm³/mol. The fraction of sp³-hybridized carbons (Fsp3) is 0.400. The topological polar surface area (TPSA) is 38.7 Å². The Morgan fingerprint density at radius 3 is 2.87 bits per heavy atom. The van der Waals surface area contributed by atoms with Crippen molar-refractivity contribution >= 4 is 15.9 Å². The summed E-state index contributed by atoms with van der Waals surface area (Å²) >= 11 is 3.05. The highest BCUT2D eigenvalue weighted by Gasteiger charge is 2.28. The summed E-state index contributed by atoms with van der Waals surface area (Å²) in [6.45, 7) is 0.600. The second kappa shape index (κ2) is 4.47. The van der Waals surface area contributed by atoms with E-state index in [0.29, 0.717) is 16.8 Å². The molecule has 1 aliphatic rings. The minimum atomic E-state index is -0.642. The van der Waals surface area contributed by atoms with Crippen molar-refractivity contribution in [1.29, 1.82) is 0 Å². The Morgan fingerprint density at radius 1 is 1.47 bits per heavy atom. The van der Waals surface area contributed by atoms with Crippen LogP contribution in [0.1, 0.15) is 0 Å². The highest BCUT2D eigenvalue weighted by atomic mass is 79.9. The van der Waals surface area contributed by atoms with Crippen molar-refractivity contribution in [1.82, 2.24) is 0 Å². The average molecular weight is 277 g/mol. The van der Waals surface area contributed by atoms with E-state index in [2.05, 4.69) is 15.9 Å². The standard InChI is InChI=1S/C10H10BrFO3/c11-7-2-1-6(3-8(7)12)15-10-5-14-4-9(10)13/h1-3,9-10,13H,4-5H2/t9-,10?/m1/s1. The van der Waals surface area contributed by atoms with Crippen LogP contribution in [0.3, 0.4) is 0 Å². The third-order valence-electron chi connectivity index (χ3n) is 2.18. The van der Waals surface area contributed by atoms with E-state index in [0.717, 1.165) is 0 Å². The Morgan fingerprint density at radius 2 is 2.27 bits per heavy atom. The molecule has 15 heavy (non-hydrogen) atoms. The van der Waals surface area contributed by atoms with E-state index in [9.17, 15) is 9.50 Å². The molecule has 1 unspecified atom stereocenters. The van der Waals surface area contributed by atoms with Gasteiger partial charge in [0.25, 0.3) is 0 Å². The van der Waals surface area contributed by atoms with Crippen LogP contribution in [0.5, 0.6) is 5.75 Å². The molecule has 1 aromatic rings. The minimum Gasteiger partial charge on any atom is -0.485 e. The summed E-state index contributed by atoms with van der Waals surface area (Å²) in [4.78, 5) is 0. The van der Waals surface area contributed by atoms with Crippen LogP contribution in [0.15, 0.2) is 22.7 Å². The number of halogens is 2. The molecule has 1 aromatic carbocycles. The third-order valence-corrected chi connectivity index (χ3v) is 2.82. The summed E-state index contributed by atoms with van der Waals surface area (Å²) in [5.74, 6) is 0.00570. The smallest absolute Gasteiger partial charge is 0.150 e. The lowest BCUT2D eigenvalue weighted by Gasteiger charge is -2.15. The summed E-state index contributed by atoms with van der Waals surface area (Å²) in [5.41, 5.74) is 0. The zero-order valence-electron chi connectivity index (χ0n) is 7.82. The van der Waals surface area contributed by atoms with Crippen molar-refractivity contribution < 1.29 is 19.0 Å². The number of hydrogen-bond acceptors (Lipinski definition) is 3. The summed E-state index contributed by atoms with van der Waals surface area (Å²) in [7, 11) is 0. The number of hydrogen-bond donors (Lipinski definition) is 1. The van der Waals surface area contributed by atoms with Gasteiger partial charge in [0.2, 0.25) is 0 Å². The number of ether oxygens (including phenoxy) is 2. The lowest BCUT2D eigenvalue weighted by Crippen LogP contribution is -2.29. The largest absolute Gasteiger partial charge is 0.485 e. The van der Waals surface area contributed by atoms with Crippen molar-refractivity contribution in [2.24, 2.45) is 0 Å². The summed E-state index contributed by atoms with van der Waals surface area (Å²) < 4.78 is 23.9. The van der Waals surface area contributed by atoms with Gasteiger partial charge in [0.15, 0.2) is 0 Å². The van der Waals surface area contributed by atoms with Gasteiger partial charge in [-0.05, 0) is 28.1 Å². The summed E-state index contributed by atoms with van der Waals surface area (Å²) in [5, 5.41) is 9.42. The van der Waals surface area contributed by atoms with Gasteiger partial charge in [-0.15, -0.1) is 0 Å². The van der Waals surface area contributed by atoms with Crippen LogP contribution in [-0.4, -0.2) is 30.5 Å². The van der Waals surface area contributed by atoms with Crippen molar-refractivity contribution in [3.05, 3.63) is 28.5 Å². The van der Waals surface area contributed by atoms with Gasteiger partial charge < -0.3 is 14.6 Å². The number of rotatable bonds is 2. The van der Waals surface area contributed by atoms with E-state index in [1.807, 2.05) is 0 Å². The Kier molecular flexibility index (Phi) is 3.23. The molecule has 0 aromatic heterocycles. The van der Waals surface area contributed by atoms with Gasteiger partial charge >= 0.3 is 0 Å². The first-order valence-corrected chi connectivity index (χ1v) is 5.33. The monoisotopic (exact) mass is 276 g/mol. The average Bonchev–Trinajstić information content (AvgIpc) is 2.59. The van der Waals surface area contributed by atoms with Gasteiger partial charge in [-0.3, -0.25) is 0 Å². The van der Waals surface area contributed by atoms with Crippen LogP contribution in [0, 0.1) is 5.82 Å². The molecule has 2 atom stereocenters. The Hall–Kier alpha value is -0.650. The van der Waals surface area contributed by atoms with E-state index in [1.54, 1.807) is 12.1 Å². The zero-order valence-corrected chi connectivity index (χ0v) is 9.41. The van der Waals surface area contributed by atoms with Crippen LogP contribution in [0.25, 0.3) is 0 Å². The fourth-order valence-corrected chi connectivity index (χ4v) is 1.61. The van der Waals surface area contributed by atoms with Gasteiger partial charge in [-0.25, -0.2) is 4.39 Å². The number of aliphatic hydroxyl groups excluding tert-OH is 1. The highest BCUT2D eigenvalue weighted by Crippen LogP contribution is 2.23. The molecule has 0 radical (unpaired) electrons. The summed E-state index contributed by atoms with van der Waals surface area (Å²) in [6.07, 6.45) is -1.05. The van der Waals surface area contributed by atoms with E-state index in [-0.39, 0.29) is 12.4 Å². The third kappa shape index (κ3) is 2.48. The molecule has 0 amide bonds. The van der Waals surface area contributed by atoms with E-state index >= 15 is 0 Å². The molecule has 3 nitrogen and oxygen atoms in total. The van der Waals surface area contributed by atoms with Gasteiger partial charge in [0.05, 0.1) is 17.7 Å². The molecule has 2 rings (SSSR count). The first kappa shape index (κ1) is 10.9. The maximum Gasteiger partial charge on any atom is 0.150 e. The minimum absolute atomic E-state index is 0.268. The van der Waals surface area contributed by atoms with E-state index < -0.39 is 12.2 Å². The SMILES string of the molecule is O[C@@H]1COCC1Oc1ccc(Br)c(F)c1. The van der Waals surface area contributed by atoms with E-state index in [4.69, 9.17) is 9.47 Å². The van der Waals surface area contributed by atoms with Crippen LogP contribution < -0.4 is 4.74 Å². The normalized spacial score (nSPS) is 25.5. The first-order chi connectivity index (χ1) is 7.16. The number of aliphatic hydroxyl groups is 1. The van der Waals surface area contributed by atoms with Crippen molar-refractivity contribution in [3.63, 3.8) is 0 Å². The molecular formula is C10H10BrFO3. The molecule has 1 heterocycles. The molecule has 1 saturated heterocycles. The molecule has 1 aliphatic heterocycles. The predicted octanol–water partition coefficient (Wildman–Crippen LogP) is 1.73. The molecule has 0 spiro atoms. The molecule has 1 fully saturated rings. The van der Waals surface area contributed by atoms with Crippen molar-refractivity contribution in [2.45, 2.75) is 12.2 Å². The Balaban J connectivity index is 2.07. The van der Waals surface area contributed by atoms with Crippen LogP contribution in [0.2, 0.25) is 0 Å². The van der Waals surface area contributed by atoms with Gasteiger partial charge in [-0.1, -0.05) is 0 Å². The molecule has 82 valence electrons. The maximum atomic E-state index is 13.1. The van der Waals surface area contributed by atoms with E-state index in [1.165, 1.54) is 6.07 Å². The second-order valence-corrected chi connectivity index (χ2v) is 4.19. The molecule has 0 saturated carbocycles. The van der Waals surface area contributed by atoms with Crippen LogP contribution >= 0.6 is 15.9 Å². The zero-order chi connectivity index (χ0) is 10.8. The lowest BCUT2D eigenvalue weighted by atomic mass is 10.2. The van der Waals surface area contributed by atoms with Gasteiger partial charge in [0.1, 0.15) is 23.8 Å². The fourth-order valence-electron chi connectivity index (χ4n) is 1.36. The van der Waals surface area contributed by atoms with Gasteiger partial charge in [0, 0.05) is 6.07 Å². The quantitative estimate of drug-likeness (QED) is 0.894. The molecule has 0 bridgehead atoms. The summed E-state index contributed by atoms with van der Waals surface area (Å²) in [6, 6.07) is 4.47. The van der Waals surface area contributed by atoms with Crippen LogP contribution in [0.4, 0.5) is 4.39 Å². The Labute approximate surface area is 94.9 Å². The van der Waals surface area contributed by atoms with Crippen molar-refractivity contribution in [3.8, 4) is 5.75 Å². The second-order valence-electron chi connectivity index (χ2n) is 3.34. The lowest BCUT2D eigenvalue weighted by molar-refractivity contribution is 0.0731. The maximum absolute atomic E-state index is 13.1. The Bertz CT molecular complexity index is 359. The highest BCUT2D eigenvalue weighted by molar-refractivity contribution is 9.10. The molecular weight excluding hydrogens is 267 g/mol.